The van der Waals surface area contributed by atoms with Gasteiger partial charge >= 0.3 is 0 Å². The van der Waals surface area contributed by atoms with E-state index in [1.807, 2.05) is 36.4 Å². The first kappa shape index (κ1) is 21.0. The summed E-state index contributed by atoms with van der Waals surface area (Å²) in [6.07, 6.45) is 3.81. The second-order valence-electron chi connectivity index (χ2n) is 9.15. The van der Waals surface area contributed by atoms with E-state index in [1.54, 1.807) is 12.1 Å². The van der Waals surface area contributed by atoms with Crippen LogP contribution in [0.2, 0.25) is 0 Å². The predicted octanol–water partition coefficient (Wildman–Crippen LogP) is 4.64. The number of likely N-dealkylation sites (tertiary alicyclic amines) is 1. The van der Waals surface area contributed by atoms with Crippen LogP contribution < -0.4 is 4.74 Å². The molecular formula is C28H31NO3. The highest BCUT2D eigenvalue weighted by molar-refractivity contribution is 5.48. The highest BCUT2D eigenvalue weighted by Crippen LogP contribution is 2.49. The van der Waals surface area contributed by atoms with E-state index in [-0.39, 0.29) is 11.7 Å². The van der Waals surface area contributed by atoms with E-state index in [4.69, 9.17) is 4.74 Å². The number of aliphatic hydroxyl groups is 1. The minimum absolute atomic E-state index is 0.0584. The molecule has 0 radical (unpaired) electrons. The van der Waals surface area contributed by atoms with Crippen molar-refractivity contribution >= 4 is 0 Å². The van der Waals surface area contributed by atoms with Gasteiger partial charge in [-0.25, -0.2) is 0 Å². The number of nitrogens with zero attached hydrogens (tertiary/aromatic N) is 1. The van der Waals surface area contributed by atoms with Crippen LogP contribution in [0.4, 0.5) is 0 Å². The van der Waals surface area contributed by atoms with Gasteiger partial charge in [0.05, 0.1) is 0 Å². The van der Waals surface area contributed by atoms with E-state index in [0.29, 0.717) is 19.4 Å². The molecule has 166 valence electrons. The molecule has 3 aromatic carbocycles. The second-order valence-corrected chi connectivity index (χ2v) is 9.15. The molecule has 2 aliphatic rings. The van der Waals surface area contributed by atoms with E-state index in [9.17, 15) is 10.2 Å². The van der Waals surface area contributed by atoms with Crippen LogP contribution in [0, 0.1) is 0 Å². The van der Waals surface area contributed by atoms with E-state index in [2.05, 4.69) is 29.2 Å². The highest BCUT2D eigenvalue weighted by atomic mass is 16.5. The Balaban J connectivity index is 1.33. The fraction of sp³-hybridized carbons (Fsp3) is 0.357. The van der Waals surface area contributed by atoms with Crippen molar-refractivity contribution in [2.24, 2.45) is 0 Å². The lowest BCUT2D eigenvalue weighted by atomic mass is 9.78. The van der Waals surface area contributed by atoms with Crippen molar-refractivity contribution in [3.63, 3.8) is 0 Å². The Labute approximate surface area is 190 Å². The Bertz CT molecular complexity index is 1040. The molecule has 2 unspecified atom stereocenters. The number of benzene rings is 3. The lowest BCUT2D eigenvalue weighted by Crippen LogP contribution is -2.32. The van der Waals surface area contributed by atoms with Crippen LogP contribution in [0.3, 0.4) is 0 Å². The number of hydrogen-bond acceptors (Lipinski definition) is 4. The van der Waals surface area contributed by atoms with Crippen molar-refractivity contribution in [2.45, 2.75) is 37.2 Å². The molecule has 0 spiro atoms. The summed E-state index contributed by atoms with van der Waals surface area (Å²) >= 11 is 0. The van der Waals surface area contributed by atoms with Gasteiger partial charge in [0.2, 0.25) is 0 Å². The molecular weight excluding hydrogens is 398 g/mol. The number of rotatable bonds is 7. The molecule has 32 heavy (non-hydrogen) atoms. The van der Waals surface area contributed by atoms with Gasteiger partial charge in [-0.2, -0.15) is 0 Å². The smallest absolute Gasteiger partial charge is 0.119 e. The molecule has 4 nitrogen and oxygen atoms in total. The SMILES string of the molecule is Oc1ccc2c(c1)CC(c1ccccc1)C2(O)Cc1ccc(OCCN2CCCC2)cc1. The number of hydrogen-bond donors (Lipinski definition) is 2. The largest absolute Gasteiger partial charge is 0.508 e. The van der Waals surface area contributed by atoms with Crippen LogP contribution >= 0.6 is 0 Å². The van der Waals surface area contributed by atoms with Gasteiger partial charge in [-0.1, -0.05) is 48.5 Å². The Morgan fingerprint density at radius 2 is 1.69 bits per heavy atom. The monoisotopic (exact) mass is 429 g/mol. The molecule has 0 amide bonds. The maximum atomic E-state index is 12.0. The van der Waals surface area contributed by atoms with E-state index >= 15 is 0 Å². The number of ether oxygens (including phenoxy) is 1. The molecule has 0 aromatic heterocycles. The van der Waals surface area contributed by atoms with Crippen LogP contribution in [-0.4, -0.2) is 41.4 Å². The zero-order valence-electron chi connectivity index (χ0n) is 18.4. The van der Waals surface area contributed by atoms with Gasteiger partial charge in [0.15, 0.2) is 0 Å². The predicted molar refractivity (Wildman–Crippen MR) is 126 cm³/mol. The molecule has 2 N–H and O–H groups in total. The Morgan fingerprint density at radius 1 is 0.938 bits per heavy atom. The minimum Gasteiger partial charge on any atom is -0.508 e. The molecule has 0 bridgehead atoms. The molecule has 5 rings (SSSR count). The average molecular weight is 430 g/mol. The van der Waals surface area contributed by atoms with E-state index in [1.165, 1.54) is 25.9 Å². The average Bonchev–Trinajstić information content (AvgIpc) is 3.42. The summed E-state index contributed by atoms with van der Waals surface area (Å²) < 4.78 is 5.95. The molecule has 4 heteroatoms. The summed E-state index contributed by atoms with van der Waals surface area (Å²) in [5.74, 6) is 1.06. The van der Waals surface area contributed by atoms with Crippen LogP contribution in [0.15, 0.2) is 72.8 Å². The van der Waals surface area contributed by atoms with Gasteiger partial charge in [0, 0.05) is 18.9 Å². The van der Waals surface area contributed by atoms with Gasteiger partial charge < -0.3 is 14.9 Å². The molecule has 2 atom stereocenters. The summed E-state index contributed by atoms with van der Waals surface area (Å²) in [6.45, 7) is 4.05. The first-order valence-electron chi connectivity index (χ1n) is 11.7. The van der Waals surface area contributed by atoms with Crippen molar-refractivity contribution in [1.82, 2.24) is 4.90 Å². The molecule has 1 heterocycles. The van der Waals surface area contributed by atoms with Gasteiger partial charge in [-0.15, -0.1) is 0 Å². The Kier molecular flexibility index (Phi) is 5.90. The van der Waals surface area contributed by atoms with Crippen molar-refractivity contribution in [2.75, 3.05) is 26.2 Å². The third kappa shape index (κ3) is 4.25. The fourth-order valence-electron chi connectivity index (χ4n) is 5.36. The van der Waals surface area contributed by atoms with Crippen LogP contribution in [-0.2, 0) is 18.4 Å². The minimum atomic E-state index is -1.03. The van der Waals surface area contributed by atoms with Gasteiger partial charge in [0.25, 0.3) is 0 Å². The summed E-state index contributed by atoms with van der Waals surface area (Å²) in [7, 11) is 0. The summed E-state index contributed by atoms with van der Waals surface area (Å²) in [6, 6.07) is 23.7. The third-order valence-corrected chi connectivity index (χ3v) is 7.03. The van der Waals surface area contributed by atoms with Crippen LogP contribution in [0.1, 0.15) is 41.0 Å². The normalized spacial score (nSPS) is 22.7. The summed E-state index contributed by atoms with van der Waals surface area (Å²) in [4.78, 5) is 2.45. The zero-order chi connectivity index (χ0) is 22.0. The maximum Gasteiger partial charge on any atom is 0.119 e. The number of phenols is 1. The molecule has 1 fully saturated rings. The number of aromatic hydroxyl groups is 1. The third-order valence-electron chi connectivity index (χ3n) is 7.03. The van der Waals surface area contributed by atoms with Crippen molar-refractivity contribution in [3.05, 3.63) is 95.1 Å². The fourth-order valence-corrected chi connectivity index (χ4v) is 5.36. The Hall–Kier alpha value is -2.82. The summed E-state index contributed by atoms with van der Waals surface area (Å²) in [5, 5.41) is 22.0. The molecule has 3 aromatic rings. The quantitative estimate of drug-likeness (QED) is 0.575. The van der Waals surface area contributed by atoms with E-state index in [0.717, 1.165) is 34.5 Å². The van der Waals surface area contributed by atoms with Gasteiger partial charge in [-0.3, -0.25) is 4.90 Å². The zero-order valence-corrected chi connectivity index (χ0v) is 18.4. The molecule has 1 aliphatic carbocycles. The standard InChI is InChI=1S/C28H31NO3/c30-24-10-13-26-23(18-24)19-27(22-6-2-1-3-7-22)28(26,31)20-21-8-11-25(12-9-21)32-17-16-29-14-4-5-15-29/h1-3,6-13,18,27,30-31H,4-5,14-17,19-20H2. The van der Waals surface area contributed by atoms with Crippen LogP contribution in [0.25, 0.3) is 0 Å². The molecule has 1 aliphatic heterocycles. The van der Waals surface area contributed by atoms with Crippen molar-refractivity contribution in [3.8, 4) is 11.5 Å². The topological polar surface area (TPSA) is 52.9 Å². The first-order chi connectivity index (χ1) is 15.6. The highest BCUT2D eigenvalue weighted by Gasteiger charge is 2.46. The van der Waals surface area contributed by atoms with Crippen molar-refractivity contribution < 1.29 is 14.9 Å². The Morgan fingerprint density at radius 3 is 2.44 bits per heavy atom. The number of fused-ring (bicyclic) bond motifs is 1. The second kappa shape index (κ2) is 8.97. The lowest BCUT2D eigenvalue weighted by molar-refractivity contribution is 0.0189. The van der Waals surface area contributed by atoms with Crippen LogP contribution in [0.5, 0.6) is 11.5 Å². The number of phenolic OH excluding ortho intramolecular Hbond substituents is 1. The van der Waals surface area contributed by atoms with Gasteiger partial charge in [0.1, 0.15) is 23.7 Å². The summed E-state index contributed by atoms with van der Waals surface area (Å²) in [5.41, 5.74) is 3.09. The lowest BCUT2D eigenvalue weighted by Gasteiger charge is -2.32. The van der Waals surface area contributed by atoms with Crippen molar-refractivity contribution in [1.29, 1.82) is 0 Å². The molecule has 0 saturated carbocycles. The van der Waals surface area contributed by atoms with E-state index < -0.39 is 5.60 Å². The first-order valence-corrected chi connectivity index (χ1v) is 11.7. The molecule has 1 saturated heterocycles. The maximum absolute atomic E-state index is 12.0. The van der Waals surface area contributed by atoms with Gasteiger partial charge in [-0.05, 0) is 78.9 Å².